The van der Waals surface area contributed by atoms with Crippen LogP contribution in [0.4, 0.5) is 5.69 Å². The fraction of sp³-hybridized carbons (Fsp3) is 0.300. The first kappa shape index (κ1) is 14.3. The van der Waals surface area contributed by atoms with E-state index in [4.69, 9.17) is 5.73 Å². The molecular formula is C10H15ClN2OS. The van der Waals surface area contributed by atoms with E-state index in [1.807, 2.05) is 24.3 Å². The summed E-state index contributed by atoms with van der Waals surface area (Å²) in [7, 11) is 0. The van der Waals surface area contributed by atoms with Gasteiger partial charge in [0.15, 0.2) is 0 Å². The molecule has 0 fully saturated rings. The lowest BCUT2D eigenvalue weighted by Crippen LogP contribution is -2.21. The van der Waals surface area contributed by atoms with Gasteiger partial charge in [-0.3, -0.25) is 4.79 Å². The Kier molecular flexibility index (Phi) is 7.21. The van der Waals surface area contributed by atoms with Crippen LogP contribution in [-0.2, 0) is 4.79 Å². The van der Waals surface area contributed by atoms with E-state index >= 15 is 0 Å². The van der Waals surface area contributed by atoms with Gasteiger partial charge in [0, 0.05) is 10.6 Å². The molecule has 0 heterocycles. The van der Waals surface area contributed by atoms with Gasteiger partial charge in [-0.25, -0.2) is 0 Å². The van der Waals surface area contributed by atoms with Crippen LogP contribution in [-0.4, -0.2) is 18.2 Å². The summed E-state index contributed by atoms with van der Waals surface area (Å²) in [6, 6.07) is 7.74. The van der Waals surface area contributed by atoms with Crippen molar-refractivity contribution in [3.63, 3.8) is 0 Å². The largest absolute Gasteiger partial charge is 0.325 e. The van der Waals surface area contributed by atoms with Crippen molar-refractivity contribution < 1.29 is 4.79 Å². The number of amides is 1. The number of benzene rings is 1. The maximum Gasteiger partial charge on any atom is 0.238 e. The minimum absolute atomic E-state index is 0. The molecule has 0 bridgehead atoms. The Morgan fingerprint density at radius 2 is 2.27 bits per heavy atom. The van der Waals surface area contributed by atoms with E-state index in [1.54, 1.807) is 11.8 Å². The lowest BCUT2D eigenvalue weighted by molar-refractivity contribution is -0.114. The molecule has 0 unspecified atom stereocenters. The average molecular weight is 247 g/mol. The number of carbonyl (C=O) groups is 1. The Morgan fingerprint density at radius 3 is 2.87 bits per heavy atom. The number of nitrogens with two attached hydrogens (primary N) is 1. The average Bonchev–Trinajstić information content (AvgIpc) is 2.19. The summed E-state index contributed by atoms with van der Waals surface area (Å²) in [5.41, 5.74) is 6.00. The van der Waals surface area contributed by atoms with Gasteiger partial charge >= 0.3 is 0 Å². The number of anilines is 1. The van der Waals surface area contributed by atoms with Crippen molar-refractivity contribution in [2.24, 2.45) is 5.73 Å². The fourth-order valence-electron chi connectivity index (χ4n) is 1.04. The van der Waals surface area contributed by atoms with Crippen LogP contribution in [0.1, 0.15) is 6.92 Å². The molecule has 3 nitrogen and oxygen atoms in total. The third-order valence-electron chi connectivity index (χ3n) is 1.61. The van der Waals surface area contributed by atoms with Crippen molar-refractivity contribution in [1.29, 1.82) is 0 Å². The first-order valence-corrected chi connectivity index (χ1v) is 5.47. The van der Waals surface area contributed by atoms with E-state index in [0.717, 1.165) is 16.3 Å². The minimum Gasteiger partial charge on any atom is -0.325 e. The second kappa shape index (κ2) is 7.56. The summed E-state index contributed by atoms with van der Waals surface area (Å²) in [6.07, 6.45) is 0. The van der Waals surface area contributed by atoms with Gasteiger partial charge in [-0.15, -0.1) is 24.2 Å². The van der Waals surface area contributed by atoms with Gasteiger partial charge in [0.1, 0.15) is 0 Å². The van der Waals surface area contributed by atoms with E-state index in [0.29, 0.717) is 0 Å². The van der Waals surface area contributed by atoms with Gasteiger partial charge in [-0.2, -0.15) is 0 Å². The maximum absolute atomic E-state index is 11.0. The Bertz CT molecular complexity index is 320. The first-order valence-electron chi connectivity index (χ1n) is 4.49. The summed E-state index contributed by atoms with van der Waals surface area (Å²) >= 11 is 1.74. The molecule has 1 amide bonds. The molecule has 0 aromatic heterocycles. The first-order chi connectivity index (χ1) is 6.76. The van der Waals surface area contributed by atoms with E-state index in [2.05, 4.69) is 12.2 Å². The van der Waals surface area contributed by atoms with Gasteiger partial charge in [0.05, 0.1) is 6.54 Å². The van der Waals surface area contributed by atoms with E-state index in [-0.39, 0.29) is 24.9 Å². The fourth-order valence-corrected chi connectivity index (χ4v) is 1.76. The topological polar surface area (TPSA) is 55.1 Å². The third-order valence-corrected chi connectivity index (χ3v) is 2.49. The summed E-state index contributed by atoms with van der Waals surface area (Å²) in [4.78, 5) is 12.2. The second-order valence-corrected chi connectivity index (χ2v) is 4.05. The molecule has 3 N–H and O–H groups in total. The molecule has 5 heteroatoms. The second-order valence-electron chi connectivity index (χ2n) is 2.71. The van der Waals surface area contributed by atoms with Crippen molar-refractivity contribution in [1.82, 2.24) is 0 Å². The Balaban J connectivity index is 0.00000196. The van der Waals surface area contributed by atoms with Crippen LogP contribution in [0, 0.1) is 0 Å². The van der Waals surface area contributed by atoms with Crippen LogP contribution in [0.2, 0.25) is 0 Å². The zero-order valence-corrected chi connectivity index (χ0v) is 10.2. The Hall–Kier alpha value is -0.710. The third kappa shape index (κ3) is 5.06. The summed E-state index contributed by atoms with van der Waals surface area (Å²) < 4.78 is 0. The SMILES string of the molecule is CCSc1cccc(NC(=O)CN)c1.Cl. The van der Waals surface area contributed by atoms with Gasteiger partial charge in [0.25, 0.3) is 0 Å². The van der Waals surface area contributed by atoms with Crippen molar-refractivity contribution >= 4 is 35.8 Å². The van der Waals surface area contributed by atoms with Crippen molar-refractivity contribution in [2.45, 2.75) is 11.8 Å². The summed E-state index contributed by atoms with van der Waals surface area (Å²) in [5.74, 6) is 0.859. The summed E-state index contributed by atoms with van der Waals surface area (Å²) in [5, 5.41) is 2.71. The molecule has 0 radical (unpaired) electrons. The number of halogens is 1. The molecular weight excluding hydrogens is 232 g/mol. The Labute approximate surface area is 100 Å². The van der Waals surface area contributed by atoms with Crippen LogP contribution in [0.5, 0.6) is 0 Å². The van der Waals surface area contributed by atoms with Crippen LogP contribution in [0.3, 0.4) is 0 Å². The molecule has 1 aromatic rings. The molecule has 84 valence electrons. The van der Waals surface area contributed by atoms with Gasteiger partial charge in [0.2, 0.25) is 5.91 Å². The lowest BCUT2D eigenvalue weighted by Gasteiger charge is -2.05. The number of carbonyl (C=O) groups excluding carboxylic acids is 1. The lowest BCUT2D eigenvalue weighted by atomic mass is 10.3. The van der Waals surface area contributed by atoms with Gasteiger partial charge in [-0.05, 0) is 24.0 Å². The maximum atomic E-state index is 11.0. The van der Waals surface area contributed by atoms with Crippen LogP contribution >= 0.6 is 24.2 Å². The highest BCUT2D eigenvalue weighted by Gasteiger charge is 1.99. The molecule has 0 atom stereocenters. The number of nitrogens with one attached hydrogen (secondary N) is 1. The van der Waals surface area contributed by atoms with Crippen molar-refractivity contribution in [3.05, 3.63) is 24.3 Å². The zero-order valence-electron chi connectivity index (χ0n) is 8.53. The molecule has 0 saturated heterocycles. The predicted octanol–water partition coefficient (Wildman–Crippen LogP) is 2.12. The predicted molar refractivity (Wildman–Crippen MR) is 67.8 cm³/mol. The van der Waals surface area contributed by atoms with Crippen LogP contribution < -0.4 is 11.1 Å². The standard InChI is InChI=1S/C10H14N2OS.ClH/c1-2-14-9-5-3-4-8(6-9)12-10(13)7-11;/h3-6H,2,7,11H2,1H3,(H,12,13);1H. The minimum atomic E-state index is -0.163. The molecule has 15 heavy (non-hydrogen) atoms. The zero-order chi connectivity index (χ0) is 10.4. The van der Waals surface area contributed by atoms with E-state index in [9.17, 15) is 4.79 Å². The Morgan fingerprint density at radius 1 is 1.53 bits per heavy atom. The highest BCUT2D eigenvalue weighted by molar-refractivity contribution is 7.99. The number of hydrogen-bond donors (Lipinski definition) is 2. The molecule has 0 aliphatic carbocycles. The molecule has 1 rings (SSSR count). The normalized spacial score (nSPS) is 9.20. The molecule has 0 aliphatic rings. The molecule has 1 aromatic carbocycles. The number of rotatable bonds is 4. The highest BCUT2D eigenvalue weighted by Crippen LogP contribution is 2.20. The summed E-state index contributed by atoms with van der Waals surface area (Å²) in [6.45, 7) is 2.11. The van der Waals surface area contributed by atoms with Crippen molar-refractivity contribution in [3.8, 4) is 0 Å². The van der Waals surface area contributed by atoms with Gasteiger partial charge in [-0.1, -0.05) is 13.0 Å². The monoisotopic (exact) mass is 246 g/mol. The van der Waals surface area contributed by atoms with E-state index in [1.165, 1.54) is 0 Å². The number of hydrogen-bond acceptors (Lipinski definition) is 3. The number of thioether (sulfide) groups is 1. The smallest absolute Gasteiger partial charge is 0.238 e. The van der Waals surface area contributed by atoms with Crippen LogP contribution in [0.15, 0.2) is 29.2 Å². The van der Waals surface area contributed by atoms with Gasteiger partial charge < -0.3 is 11.1 Å². The molecule has 0 saturated carbocycles. The molecule has 0 spiro atoms. The molecule has 0 aliphatic heterocycles. The highest BCUT2D eigenvalue weighted by atomic mass is 35.5. The quantitative estimate of drug-likeness (QED) is 0.801. The van der Waals surface area contributed by atoms with E-state index < -0.39 is 0 Å². The van der Waals surface area contributed by atoms with Crippen LogP contribution in [0.25, 0.3) is 0 Å². The van der Waals surface area contributed by atoms with Crippen molar-refractivity contribution in [2.75, 3.05) is 17.6 Å².